The lowest BCUT2D eigenvalue weighted by atomic mass is 10.4. The van der Waals surface area contributed by atoms with Gasteiger partial charge >= 0.3 is 6.09 Å². The molecule has 0 rings (SSSR count). The van der Waals surface area contributed by atoms with Crippen LogP contribution >= 0.6 is 0 Å². The number of aliphatic hydroxyl groups excluding tert-OH is 1. The fourth-order valence-electron chi connectivity index (χ4n) is 1.18. The van der Waals surface area contributed by atoms with Crippen LogP contribution in [-0.2, 0) is 4.74 Å². The number of nitrogens with zero attached hydrogens (tertiary/aromatic N) is 2. The van der Waals surface area contributed by atoms with Gasteiger partial charge in [-0.25, -0.2) is 4.79 Å². The molecule has 0 unspecified atom stereocenters. The van der Waals surface area contributed by atoms with Crippen molar-refractivity contribution in [2.24, 2.45) is 0 Å². The minimum Gasteiger partial charge on any atom is -0.447 e. The number of hydrogen-bond donors (Lipinski definition) is 1. The third kappa shape index (κ3) is 7.16. The van der Waals surface area contributed by atoms with Crippen molar-refractivity contribution in [3.05, 3.63) is 0 Å². The Morgan fingerprint density at radius 2 is 2.00 bits per heavy atom. The first-order valence-electron chi connectivity index (χ1n) is 5.29. The van der Waals surface area contributed by atoms with E-state index in [9.17, 15) is 4.79 Å². The van der Waals surface area contributed by atoms with E-state index in [0.29, 0.717) is 13.1 Å². The van der Waals surface area contributed by atoms with E-state index in [-0.39, 0.29) is 19.3 Å². The topological polar surface area (TPSA) is 53.0 Å². The summed E-state index contributed by atoms with van der Waals surface area (Å²) in [5, 5.41) is 8.52. The molecule has 1 amide bonds. The average molecular weight is 218 g/mol. The van der Waals surface area contributed by atoms with E-state index in [2.05, 4.69) is 4.90 Å². The summed E-state index contributed by atoms with van der Waals surface area (Å²) in [4.78, 5) is 15.1. The monoisotopic (exact) mass is 218 g/mol. The van der Waals surface area contributed by atoms with Crippen LogP contribution in [0.4, 0.5) is 4.79 Å². The van der Waals surface area contributed by atoms with Crippen LogP contribution in [-0.4, -0.2) is 67.9 Å². The van der Waals surface area contributed by atoms with Gasteiger partial charge in [-0.1, -0.05) is 0 Å². The summed E-state index contributed by atoms with van der Waals surface area (Å²) in [6.45, 7) is 4.14. The normalized spacial score (nSPS) is 10.5. The van der Waals surface area contributed by atoms with Gasteiger partial charge in [0.1, 0.15) is 6.61 Å². The van der Waals surface area contributed by atoms with Gasteiger partial charge in [0.05, 0.1) is 6.61 Å². The Labute approximate surface area is 91.6 Å². The first kappa shape index (κ1) is 14.2. The second-order valence-corrected chi connectivity index (χ2v) is 3.57. The number of rotatable bonds is 7. The summed E-state index contributed by atoms with van der Waals surface area (Å²) in [7, 11) is 4.00. The summed E-state index contributed by atoms with van der Waals surface area (Å²) >= 11 is 0. The summed E-state index contributed by atoms with van der Waals surface area (Å²) in [6.07, 6.45) is 0.583. The zero-order valence-corrected chi connectivity index (χ0v) is 9.90. The van der Waals surface area contributed by atoms with Gasteiger partial charge in [0.15, 0.2) is 0 Å². The molecule has 0 radical (unpaired) electrons. The number of hydrogen-bond acceptors (Lipinski definition) is 4. The second kappa shape index (κ2) is 8.49. The SMILES string of the molecule is CCN(CCCN(C)C)C(=O)OCCO. The van der Waals surface area contributed by atoms with Crippen molar-refractivity contribution in [3.8, 4) is 0 Å². The predicted molar refractivity (Wildman–Crippen MR) is 58.9 cm³/mol. The maximum absolute atomic E-state index is 11.4. The van der Waals surface area contributed by atoms with Crippen LogP contribution in [0.25, 0.3) is 0 Å². The molecule has 1 N–H and O–H groups in total. The molecule has 15 heavy (non-hydrogen) atoms. The van der Waals surface area contributed by atoms with Crippen LogP contribution in [0.3, 0.4) is 0 Å². The third-order valence-electron chi connectivity index (χ3n) is 1.99. The lowest BCUT2D eigenvalue weighted by Gasteiger charge is -2.20. The molecular formula is C10H22N2O3. The molecule has 0 aliphatic rings. The molecule has 0 aromatic heterocycles. The lowest BCUT2D eigenvalue weighted by Crippen LogP contribution is -2.34. The van der Waals surface area contributed by atoms with Crippen LogP contribution in [0.2, 0.25) is 0 Å². The largest absolute Gasteiger partial charge is 0.447 e. The van der Waals surface area contributed by atoms with E-state index in [0.717, 1.165) is 13.0 Å². The third-order valence-corrected chi connectivity index (χ3v) is 1.99. The molecule has 0 bridgehead atoms. The van der Waals surface area contributed by atoms with Gasteiger partial charge in [0.2, 0.25) is 0 Å². The summed E-state index contributed by atoms with van der Waals surface area (Å²) in [5.74, 6) is 0. The number of ether oxygens (including phenoxy) is 1. The quantitative estimate of drug-likeness (QED) is 0.671. The van der Waals surface area contributed by atoms with Crippen molar-refractivity contribution in [3.63, 3.8) is 0 Å². The second-order valence-electron chi connectivity index (χ2n) is 3.57. The first-order chi connectivity index (χ1) is 7.11. The van der Waals surface area contributed by atoms with E-state index < -0.39 is 0 Å². The number of carbonyl (C=O) groups excluding carboxylic acids is 1. The van der Waals surface area contributed by atoms with Gasteiger partial charge in [0, 0.05) is 13.1 Å². The molecule has 5 nitrogen and oxygen atoms in total. The Balaban J connectivity index is 3.75. The van der Waals surface area contributed by atoms with Crippen molar-refractivity contribution >= 4 is 6.09 Å². The van der Waals surface area contributed by atoms with Crippen LogP contribution in [0.15, 0.2) is 0 Å². The van der Waals surface area contributed by atoms with Crippen molar-refractivity contribution in [1.82, 2.24) is 9.80 Å². The highest BCUT2D eigenvalue weighted by Gasteiger charge is 2.11. The van der Waals surface area contributed by atoms with Gasteiger partial charge in [-0.05, 0) is 34.0 Å². The Morgan fingerprint density at radius 3 is 2.47 bits per heavy atom. The van der Waals surface area contributed by atoms with Gasteiger partial charge in [-0.3, -0.25) is 0 Å². The number of carbonyl (C=O) groups is 1. The summed E-state index contributed by atoms with van der Waals surface area (Å²) in [6, 6.07) is 0. The van der Waals surface area contributed by atoms with Gasteiger partial charge < -0.3 is 19.6 Å². The van der Waals surface area contributed by atoms with Gasteiger partial charge in [0.25, 0.3) is 0 Å². The van der Waals surface area contributed by atoms with Gasteiger partial charge in [-0.15, -0.1) is 0 Å². The molecule has 0 fully saturated rings. The van der Waals surface area contributed by atoms with Crippen LogP contribution < -0.4 is 0 Å². The van der Waals surface area contributed by atoms with E-state index >= 15 is 0 Å². The zero-order valence-electron chi connectivity index (χ0n) is 9.90. The van der Waals surface area contributed by atoms with Crippen LogP contribution in [0.1, 0.15) is 13.3 Å². The fraction of sp³-hybridized carbons (Fsp3) is 0.900. The van der Waals surface area contributed by atoms with E-state index in [1.807, 2.05) is 21.0 Å². The van der Waals surface area contributed by atoms with Crippen molar-refractivity contribution < 1.29 is 14.6 Å². The highest BCUT2D eigenvalue weighted by atomic mass is 16.6. The number of aliphatic hydroxyl groups is 1. The van der Waals surface area contributed by atoms with E-state index in [1.54, 1.807) is 4.90 Å². The highest BCUT2D eigenvalue weighted by Crippen LogP contribution is 1.96. The molecule has 90 valence electrons. The minimum atomic E-state index is -0.342. The molecule has 0 saturated heterocycles. The molecule has 0 aromatic rings. The maximum Gasteiger partial charge on any atom is 0.409 e. The molecule has 0 saturated carbocycles. The molecular weight excluding hydrogens is 196 g/mol. The summed E-state index contributed by atoms with van der Waals surface area (Å²) < 4.78 is 4.83. The average Bonchev–Trinajstić information content (AvgIpc) is 2.20. The maximum atomic E-state index is 11.4. The van der Waals surface area contributed by atoms with E-state index in [1.165, 1.54) is 0 Å². The molecule has 0 atom stereocenters. The zero-order chi connectivity index (χ0) is 11.7. The molecule has 0 aromatic carbocycles. The van der Waals surface area contributed by atoms with E-state index in [4.69, 9.17) is 9.84 Å². The Morgan fingerprint density at radius 1 is 1.33 bits per heavy atom. The molecule has 0 heterocycles. The first-order valence-corrected chi connectivity index (χ1v) is 5.29. The van der Waals surface area contributed by atoms with Crippen molar-refractivity contribution in [2.45, 2.75) is 13.3 Å². The summed E-state index contributed by atoms with van der Waals surface area (Å²) in [5.41, 5.74) is 0. The minimum absolute atomic E-state index is 0.0724. The molecule has 5 heteroatoms. The van der Waals surface area contributed by atoms with Crippen molar-refractivity contribution in [1.29, 1.82) is 0 Å². The Bertz CT molecular complexity index is 174. The molecule has 0 aliphatic carbocycles. The molecule has 0 aliphatic heterocycles. The van der Waals surface area contributed by atoms with Crippen LogP contribution in [0.5, 0.6) is 0 Å². The van der Waals surface area contributed by atoms with Gasteiger partial charge in [-0.2, -0.15) is 0 Å². The smallest absolute Gasteiger partial charge is 0.409 e. The Kier molecular flexibility index (Phi) is 8.04. The standard InChI is InChI=1S/C10H22N2O3/c1-4-12(7-5-6-11(2)3)10(14)15-9-8-13/h13H,4-9H2,1-3H3. The molecule has 0 spiro atoms. The number of amides is 1. The van der Waals surface area contributed by atoms with Crippen LogP contribution in [0, 0.1) is 0 Å². The Hall–Kier alpha value is -0.810. The predicted octanol–water partition coefficient (Wildman–Crippen LogP) is 0.389. The highest BCUT2D eigenvalue weighted by molar-refractivity contribution is 5.67. The van der Waals surface area contributed by atoms with Crippen molar-refractivity contribution in [2.75, 3.05) is 46.9 Å². The lowest BCUT2D eigenvalue weighted by molar-refractivity contribution is 0.0847. The fourth-order valence-corrected chi connectivity index (χ4v) is 1.18.